The predicted octanol–water partition coefficient (Wildman–Crippen LogP) is 1.27. The molecule has 1 saturated carbocycles. The van der Waals surface area contributed by atoms with Crippen molar-refractivity contribution in [3.8, 4) is 0 Å². The summed E-state index contributed by atoms with van der Waals surface area (Å²) in [5.41, 5.74) is 1.42. The van der Waals surface area contributed by atoms with Crippen molar-refractivity contribution in [3.63, 3.8) is 0 Å². The normalized spacial score (nSPS) is 20.1. The van der Waals surface area contributed by atoms with Gasteiger partial charge in [0, 0.05) is 33.2 Å². The van der Waals surface area contributed by atoms with Crippen LogP contribution in [0.25, 0.3) is 11.2 Å². The van der Waals surface area contributed by atoms with E-state index in [1.54, 1.807) is 12.7 Å². The van der Waals surface area contributed by atoms with Crippen LogP contribution >= 0.6 is 0 Å². The van der Waals surface area contributed by atoms with Crippen LogP contribution in [0.1, 0.15) is 32.1 Å². The van der Waals surface area contributed by atoms with Gasteiger partial charge in [0.05, 0.1) is 6.33 Å². The minimum absolute atomic E-state index is 0.258. The van der Waals surface area contributed by atoms with E-state index < -0.39 is 0 Å². The number of likely N-dealkylation sites (tertiary alicyclic amines) is 1. The Kier molecular flexibility index (Phi) is 4.53. The molecule has 0 aromatic carbocycles. The molecule has 2 aromatic heterocycles. The van der Waals surface area contributed by atoms with Crippen LogP contribution < -0.4 is 4.90 Å². The number of nitrogens with zero attached hydrogens (tertiary/aromatic N) is 7. The predicted molar refractivity (Wildman–Crippen MR) is 105 cm³/mol. The van der Waals surface area contributed by atoms with E-state index in [9.17, 15) is 4.79 Å². The molecule has 1 saturated heterocycles. The number of aromatic nitrogens is 4. The van der Waals surface area contributed by atoms with Crippen LogP contribution in [0.4, 0.5) is 5.82 Å². The van der Waals surface area contributed by atoms with Crippen molar-refractivity contribution >= 4 is 22.9 Å². The van der Waals surface area contributed by atoms with Crippen LogP contribution in [0.2, 0.25) is 0 Å². The fraction of sp³-hybridized carbons (Fsp3) is 0.684. The molecule has 0 N–H and O–H groups in total. The lowest BCUT2D eigenvalue weighted by Crippen LogP contribution is -2.62. The van der Waals surface area contributed by atoms with E-state index in [1.165, 1.54) is 0 Å². The Labute approximate surface area is 160 Å². The van der Waals surface area contributed by atoms with Gasteiger partial charge in [-0.05, 0) is 46.2 Å². The average Bonchev–Trinajstić information content (AvgIpc) is 3.01. The first-order valence-corrected chi connectivity index (χ1v) is 9.76. The molecule has 0 atom stereocenters. The van der Waals surface area contributed by atoms with E-state index in [0.717, 1.165) is 62.2 Å². The molecule has 2 aromatic rings. The van der Waals surface area contributed by atoms with Gasteiger partial charge in [0.25, 0.3) is 0 Å². The fourth-order valence-corrected chi connectivity index (χ4v) is 4.48. The lowest BCUT2D eigenvalue weighted by atomic mass is 9.74. The van der Waals surface area contributed by atoms with E-state index >= 15 is 0 Å². The van der Waals surface area contributed by atoms with Crippen molar-refractivity contribution in [3.05, 3.63) is 12.7 Å². The largest absolute Gasteiger partial charge is 0.355 e. The Bertz CT molecular complexity index is 834. The van der Waals surface area contributed by atoms with Crippen molar-refractivity contribution in [2.24, 2.45) is 7.05 Å². The number of rotatable bonds is 4. The van der Waals surface area contributed by atoms with Crippen LogP contribution in [0.15, 0.2) is 12.7 Å². The van der Waals surface area contributed by atoms with Crippen LogP contribution in [0.5, 0.6) is 0 Å². The molecule has 0 radical (unpaired) electrons. The Morgan fingerprint density at radius 2 is 1.85 bits per heavy atom. The Balaban J connectivity index is 1.45. The summed E-state index contributed by atoms with van der Waals surface area (Å²) in [7, 11) is 8.08. The van der Waals surface area contributed by atoms with Crippen molar-refractivity contribution in [1.82, 2.24) is 29.3 Å². The molecule has 0 unspecified atom stereocenters. The first-order chi connectivity index (χ1) is 12.9. The maximum atomic E-state index is 13.1. The number of hydrogen-bond donors (Lipinski definition) is 0. The topological polar surface area (TPSA) is 70.4 Å². The summed E-state index contributed by atoms with van der Waals surface area (Å²) < 4.78 is 1.91. The zero-order chi connectivity index (χ0) is 19.2. The number of likely N-dealkylation sites (N-methyl/N-ethyl adjacent to an activating group) is 1. The molecule has 1 amide bonds. The second-order valence-electron chi connectivity index (χ2n) is 8.14. The molecule has 1 aliphatic heterocycles. The summed E-state index contributed by atoms with van der Waals surface area (Å²) in [5, 5.41) is 0. The SMILES string of the molecule is CN(c1ncnc2c1ncn2C)C1CCN(C(=O)C2(N(C)C)CCC2)CC1. The Morgan fingerprint density at radius 1 is 1.15 bits per heavy atom. The van der Waals surface area contributed by atoms with Crippen LogP contribution in [0.3, 0.4) is 0 Å². The summed E-state index contributed by atoms with van der Waals surface area (Å²) in [5.74, 6) is 1.18. The maximum Gasteiger partial charge on any atom is 0.243 e. The molecule has 1 aliphatic carbocycles. The summed E-state index contributed by atoms with van der Waals surface area (Å²) in [6, 6.07) is 0.353. The maximum absolute atomic E-state index is 13.1. The van der Waals surface area contributed by atoms with E-state index in [-0.39, 0.29) is 5.54 Å². The Hall–Kier alpha value is -2.22. The number of carbonyl (C=O) groups is 1. The van der Waals surface area contributed by atoms with Gasteiger partial charge in [-0.15, -0.1) is 0 Å². The van der Waals surface area contributed by atoms with Gasteiger partial charge in [0.15, 0.2) is 17.0 Å². The molecule has 8 heteroatoms. The van der Waals surface area contributed by atoms with E-state index in [4.69, 9.17) is 0 Å². The highest BCUT2D eigenvalue weighted by Crippen LogP contribution is 2.38. The molecular formula is C19H29N7O. The van der Waals surface area contributed by atoms with Gasteiger partial charge in [0.2, 0.25) is 5.91 Å². The number of amides is 1. The molecular weight excluding hydrogens is 342 g/mol. The fourth-order valence-electron chi connectivity index (χ4n) is 4.48. The van der Waals surface area contributed by atoms with Crippen molar-refractivity contribution in [2.45, 2.75) is 43.7 Å². The average molecular weight is 371 g/mol. The first kappa shape index (κ1) is 18.2. The van der Waals surface area contributed by atoms with Gasteiger partial charge in [-0.3, -0.25) is 9.69 Å². The smallest absolute Gasteiger partial charge is 0.243 e. The number of aryl methyl sites for hydroxylation is 1. The third-order valence-electron chi connectivity index (χ3n) is 6.55. The van der Waals surface area contributed by atoms with Gasteiger partial charge >= 0.3 is 0 Å². The van der Waals surface area contributed by atoms with Gasteiger partial charge in [-0.25, -0.2) is 15.0 Å². The molecule has 8 nitrogen and oxygen atoms in total. The standard InChI is InChI=1S/C19H29N7O/c1-23(2)19(8-5-9-19)18(27)26-10-6-14(7-11-26)25(4)17-15-16(20-12-21-17)24(3)13-22-15/h12-14H,5-11H2,1-4H3. The lowest BCUT2D eigenvalue weighted by Gasteiger charge is -2.49. The highest BCUT2D eigenvalue weighted by atomic mass is 16.2. The van der Waals surface area contributed by atoms with Gasteiger partial charge in [0.1, 0.15) is 11.9 Å². The minimum Gasteiger partial charge on any atom is -0.355 e. The zero-order valence-corrected chi connectivity index (χ0v) is 16.7. The van der Waals surface area contributed by atoms with E-state index in [1.807, 2.05) is 25.7 Å². The lowest BCUT2D eigenvalue weighted by molar-refractivity contribution is -0.149. The number of anilines is 1. The molecule has 0 bridgehead atoms. The molecule has 2 aliphatic rings. The quantitative estimate of drug-likeness (QED) is 0.806. The van der Waals surface area contributed by atoms with Gasteiger partial charge in [-0.2, -0.15) is 0 Å². The van der Waals surface area contributed by atoms with E-state index in [2.05, 4.69) is 36.7 Å². The number of imidazole rings is 1. The summed E-state index contributed by atoms with van der Waals surface area (Å²) in [4.78, 5) is 32.8. The van der Waals surface area contributed by atoms with Gasteiger partial charge in [-0.1, -0.05) is 0 Å². The van der Waals surface area contributed by atoms with Crippen LogP contribution in [-0.2, 0) is 11.8 Å². The third kappa shape index (κ3) is 2.86. The van der Waals surface area contributed by atoms with Crippen molar-refractivity contribution < 1.29 is 4.79 Å². The monoisotopic (exact) mass is 371 g/mol. The van der Waals surface area contributed by atoms with E-state index in [0.29, 0.717) is 11.9 Å². The molecule has 146 valence electrons. The first-order valence-electron chi connectivity index (χ1n) is 9.76. The van der Waals surface area contributed by atoms with Crippen LogP contribution in [0, 0.1) is 0 Å². The molecule has 4 rings (SSSR count). The Morgan fingerprint density at radius 3 is 2.44 bits per heavy atom. The number of carbonyl (C=O) groups excluding carboxylic acids is 1. The number of fused-ring (bicyclic) bond motifs is 1. The third-order valence-corrected chi connectivity index (χ3v) is 6.55. The summed E-state index contributed by atoms with van der Waals surface area (Å²) >= 11 is 0. The molecule has 2 fully saturated rings. The van der Waals surface area contributed by atoms with Gasteiger partial charge < -0.3 is 14.4 Å². The van der Waals surface area contributed by atoms with Crippen molar-refractivity contribution in [2.75, 3.05) is 39.1 Å². The minimum atomic E-state index is -0.258. The van der Waals surface area contributed by atoms with Crippen LogP contribution in [-0.4, -0.2) is 81.0 Å². The highest BCUT2D eigenvalue weighted by Gasteiger charge is 2.48. The summed E-state index contributed by atoms with van der Waals surface area (Å²) in [6.45, 7) is 1.61. The number of hydrogen-bond acceptors (Lipinski definition) is 6. The highest BCUT2D eigenvalue weighted by molar-refractivity contribution is 5.87. The number of piperidine rings is 1. The van der Waals surface area contributed by atoms with Crippen molar-refractivity contribution in [1.29, 1.82) is 0 Å². The summed E-state index contributed by atoms with van der Waals surface area (Å²) in [6.07, 6.45) is 8.39. The molecule has 27 heavy (non-hydrogen) atoms. The molecule has 3 heterocycles. The molecule has 0 spiro atoms. The zero-order valence-electron chi connectivity index (χ0n) is 16.7. The second-order valence-corrected chi connectivity index (χ2v) is 8.14. The second kappa shape index (κ2) is 6.74.